The maximum absolute atomic E-state index is 12.3. The van der Waals surface area contributed by atoms with E-state index in [-0.39, 0.29) is 44.3 Å². The molecule has 3 N–H and O–H groups in total. The predicted octanol–water partition coefficient (Wildman–Crippen LogP) is 10.9. The van der Waals surface area contributed by atoms with Crippen LogP contribution in [0.4, 0.5) is 0 Å². The fourth-order valence-corrected chi connectivity index (χ4v) is 5.76. The highest BCUT2D eigenvalue weighted by Gasteiger charge is 2.32. The van der Waals surface area contributed by atoms with E-state index >= 15 is 0 Å². The SMILES string of the molecule is Cc1c(C(C)(C)C)cc(-c2cc(C(C)(C)C)cc(C(C)(C)C)c2O)c(O)c1-c1cc(C(C)(C)C)cc(C(C)(C)C)c1O. The highest BCUT2D eigenvalue weighted by atomic mass is 16.3. The monoisotopic (exact) mass is 572 g/mol. The average Bonchev–Trinajstić information content (AvgIpc) is 2.76. The van der Waals surface area contributed by atoms with Gasteiger partial charge in [0.25, 0.3) is 0 Å². The first-order valence-electron chi connectivity index (χ1n) is 15.3. The van der Waals surface area contributed by atoms with E-state index in [1.807, 2.05) is 25.1 Å². The Morgan fingerprint density at radius 2 is 0.714 bits per heavy atom. The summed E-state index contributed by atoms with van der Waals surface area (Å²) in [7, 11) is 0. The van der Waals surface area contributed by atoms with Crippen LogP contribution in [0.1, 0.15) is 137 Å². The van der Waals surface area contributed by atoms with Crippen LogP contribution < -0.4 is 0 Å². The summed E-state index contributed by atoms with van der Waals surface area (Å²) >= 11 is 0. The molecule has 0 saturated carbocycles. The van der Waals surface area contributed by atoms with Crippen LogP contribution in [-0.4, -0.2) is 15.3 Å². The Kier molecular flexibility index (Phi) is 8.27. The van der Waals surface area contributed by atoms with Crippen LogP contribution in [-0.2, 0) is 27.1 Å². The summed E-state index contributed by atoms with van der Waals surface area (Å²) in [6.45, 7) is 34.2. The number of hydrogen-bond donors (Lipinski definition) is 3. The van der Waals surface area contributed by atoms with Gasteiger partial charge in [-0.15, -0.1) is 0 Å². The van der Waals surface area contributed by atoms with Crippen LogP contribution in [0.5, 0.6) is 17.2 Å². The fourth-order valence-electron chi connectivity index (χ4n) is 5.76. The van der Waals surface area contributed by atoms with E-state index in [1.165, 1.54) is 0 Å². The molecule has 0 saturated heterocycles. The van der Waals surface area contributed by atoms with E-state index in [1.54, 1.807) is 0 Å². The summed E-state index contributed by atoms with van der Waals surface area (Å²) in [6.07, 6.45) is 0. The van der Waals surface area contributed by atoms with Crippen molar-refractivity contribution in [2.45, 2.75) is 138 Å². The zero-order valence-corrected chi connectivity index (χ0v) is 29.2. The van der Waals surface area contributed by atoms with Gasteiger partial charge in [0.2, 0.25) is 0 Å². The van der Waals surface area contributed by atoms with Crippen molar-refractivity contribution < 1.29 is 15.3 Å². The Balaban J connectivity index is 2.64. The zero-order chi connectivity index (χ0) is 32.5. The molecule has 3 nitrogen and oxygen atoms in total. The van der Waals surface area contributed by atoms with E-state index < -0.39 is 0 Å². The normalized spacial score (nSPS) is 13.5. The van der Waals surface area contributed by atoms with Gasteiger partial charge >= 0.3 is 0 Å². The molecule has 0 radical (unpaired) electrons. The lowest BCUT2D eigenvalue weighted by Gasteiger charge is -2.31. The Bertz CT molecular complexity index is 1500. The van der Waals surface area contributed by atoms with E-state index in [9.17, 15) is 15.3 Å². The number of aromatic hydroxyl groups is 3. The molecule has 0 aliphatic rings. The molecule has 3 aromatic carbocycles. The van der Waals surface area contributed by atoms with E-state index in [0.717, 1.165) is 33.4 Å². The molecule has 3 aromatic rings. The second-order valence-corrected chi connectivity index (χ2v) is 17.4. The van der Waals surface area contributed by atoms with Gasteiger partial charge in [-0.3, -0.25) is 0 Å². The molecule has 0 heterocycles. The molecular formula is C39H56O3. The molecule has 0 bridgehead atoms. The number of rotatable bonds is 2. The Hall–Kier alpha value is -2.94. The summed E-state index contributed by atoms with van der Waals surface area (Å²) in [5, 5.41) is 35.9. The topological polar surface area (TPSA) is 60.7 Å². The maximum Gasteiger partial charge on any atom is 0.131 e. The maximum atomic E-state index is 12.3. The van der Waals surface area contributed by atoms with Crippen molar-refractivity contribution >= 4 is 0 Å². The van der Waals surface area contributed by atoms with Crippen LogP contribution >= 0.6 is 0 Å². The van der Waals surface area contributed by atoms with Gasteiger partial charge in [0.1, 0.15) is 17.2 Å². The van der Waals surface area contributed by atoms with Gasteiger partial charge in [0, 0.05) is 33.4 Å². The molecule has 0 unspecified atom stereocenters. The minimum atomic E-state index is -0.311. The molecule has 230 valence electrons. The van der Waals surface area contributed by atoms with Gasteiger partial charge in [0.05, 0.1) is 0 Å². The highest BCUT2D eigenvalue weighted by Crippen LogP contribution is 2.52. The summed E-state index contributed by atoms with van der Waals surface area (Å²) in [5.74, 6) is 0.445. The van der Waals surface area contributed by atoms with Gasteiger partial charge < -0.3 is 15.3 Å². The van der Waals surface area contributed by atoms with Crippen molar-refractivity contribution in [3.8, 4) is 39.5 Å². The molecular weight excluding hydrogens is 516 g/mol. The van der Waals surface area contributed by atoms with Gasteiger partial charge in [-0.05, 0) is 74.5 Å². The first-order valence-corrected chi connectivity index (χ1v) is 15.3. The molecule has 0 aliphatic carbocycles. The van der Waals surface area contributed by atoms with Gasteiger partial charge in [0.15, 0.2) is 0 Å². The second kappa shape index (κ2) is 10.4. The summed E-state index contributed by atoms with van der Waals surface area (Å²) in [5.41, 5.74) is 7.07. The van der Waals surface area contributed by atoms with E-state index in [2.05, 4.69) is 116 Å². The third-order valence-electron chi connectivity index (χ3n) is 8.50. The van der Waals surface area contributed by atoms with E-state index in [4.69, 9.17) is 0 Å². The zero-order valence-electron chi connectivity index (χ0n) is 29.2. The lowest BCUT2D eigenvalue weighted by atomic mass is 9.74. The Morgan fingerprint density at radius 3 is 1.07 bits per heavy atom. The molecule has 3 heteroatoms. The highest BCUT2D eigenvalue weighted by molar-refractivity contribution is 5.90. The first kappa shape index (κ1) is 33.6. The molecule has 0 fully saturated rings. The van der Waals surface area contributed by atoms with Gasteiger partial charge in [-0.2, -0.15) is 0 Å². The van der Waals surface area contributed by atoms with Crippen LogP contribution in [0.15, 0.2) is 30.3 Å². The molecule has 0 amide bonds. The van der Waals surface area contributed by atoms with Crippen molar-refractivity contribution in [2.24, 2.45) is 0 Å². The van der Waals surface area contributed by atoms with Crippen molar-refractivity contribution in [1.82, 2.24) is 0 Å². The number of hydrogen-bond acceptors (Lipinski definition) is 3. The predicted molar refractivity (Wildman–Crippen MR) is 181 cm³/mol. The molecule has 0 aromatic heterocycles. The summed E-state index contributed by atoms with van der Waals surface area (Å²) in [6, 6.07) is 10.3. The average molecular weight is 573 g/mol. The van der Waals surface area contributed by atoms with Crippen LogP contribution in [0.25, 0.3) is 22.3 Å². The minimum absolute atomic E-state index is 0.0722. The van der Waals surface area contributed by atoms with Crippen molar-refractivity contribution in [3.63, 3.8) is 0 Å². The van der Waals surface area contributed by atoms with E-state index in [0.29, 0.717) is 22.3 Å². The third-order valence-corrected chi connectivity index (χ3v) is 8.50. The summed E-state index contributed by atoms with van der Waals surface area (Å²) < 4.78 is 0. The number of phenolic OH excluding ortho intramolecular Hbond substituents is 3. The van der Waals surface area contributed by atoms with Gasteiger partial charge in [-0.25, -0.2) is 0 Å². The lowest BCUT2D eigenvalue weighted by Crippen LogP contribution is -2.18. The lowest BCUT2D eigenvalue weighted by molar-refractivity contribution is 0.443. The largest absolute Gasteiger partial charge is 0.507 e. The molecule has 42 heavy (non-hydrogen) atoms. The second-order valence-electron chi connectivity index (χ2n) is 17.4. The number of phenols is 3. The fraction of sp³-hybridized carbons (Fsp3) is 0.538. The molecule has 0 aliphatic heterocycles. The van der Waals surface area contributed by atoms with Crippen molar-refractivity contribution in [1.29, 1.82) is 0 Å². The number of benzene rings is 3. The molecule has 0 spiro atoms. The Morgan fingerprint density at radius 1 is 0.381 bits per heavy atom. The third kappa shape index (κ3) is 6.36. The van der Waals surface area contributed by atoms with Crippen LogP contribution in [0.2, 0.25) is 0 Å². The first-order chi connectivity index (χ1) is 18.7. The minimum Gasteiger partial charge on any atom is -0.507 e. The van der Waals surface area contributed by atoms with Crippen LogP contribution in [0, 0.1) is 6.92 Å². The standard InChI is InChI=1S/C39H56O3/c1-22-28(37(8,9)10)21-26(25-17-23(35(2,3)4)19-29(32(25)40)38(11,12)13)34(42)31(22)27-18-24(36(5,6)7)20-30(33(27)41)39(14,15)16/h17-21,40-42H,1-16H3. The summed E-state index contributed by atoms with van der Waals surface area (Å²) in [4.78, 5) is 0. The van der Waals surface area contributed by atoms with Gasteiger partial charge in [-0.1, -0.05) is 116 Å². The smallest absolute Gasteiger partial charge is 0.131 e. The van der Waals surface area contributed by atoms with Crippen LogP contribution in [0.3, 0.4) is 0 Å². The molecule has 3 rings (SSSR count). The van der Waals surface area contributed by atoms with Crippen molar-refractivity contribution in [2.75, 3.05) is 0 Å². The van der Waals surface area contributed by atoms with Crippen molar-refractivity contribution in [3.05, 3.63) is 63.7 Å². The quantitative estimate of drug-likeness (QED) is 0.286. The molecule has 0 atom stereocenters. The Labute approximate surface area is 256 Å².